The summed E-state index contributed by atoms with van der Waals surface area (Å²) in [5.41, 5.74) is 5.13. The Morgan fingerprint density at radius 3 is 2.57 bits per heavy atom. The Hall–Kier alpha value is -2.19. The molecule has 2 fully saturated rings. The predicted molar refractivity (Wildman–Crippen MR) is 107 cm³/mol. The molecule has 0 spiro atoms. The molecule has 1 unspecified atom stereocenters. The van der Waals surface area contributed by atoms with E-state index in [1.54, 1.807) is 4.57 Å². The molecular formula is C19H24ClFN4O3. The lowest BCUT2D eigenvalue weighted by atomic mass is 9.88. The lowest BCUT2D eigenvalue weighted by molar-refractivity contribution is 0.0695. The third-order valence-corrected chi connectivity index (χ3v) is 5.65. The van der Waals surface area contributed by atoms with Gasteiger partial charge in [0.05, 0.1) is 5.39 Å². The Labute approximate surface area is 167 Å². The second kappa shape index (κ2) is 7.00. The van der Waals surface area contributed by atoms with Crippen molar-refractivity contribution in [3.63, 3.8) is 0 Å². The molecule has 3 N–H and O–H groups in total. The number of halogens is 2. The van der Waals surface area contributed by atoms with Crippen LogP contribution in [-0.2, 0) is 0 Å². The summed E-state index contributed by atoms with van der Waals surface area (Å²) < 4.78 is 16.5. The molecule has 2 aromatic heterocycles. The van der Waals surface area contributed by atoms with Gasteiger partial charge < -0.3 is 20.3 Å². The van der Waals surface area contributed by atoms with Crippen molar-refractivity contribution >= 4 is 35.2 Å². The van der Waals surface area contributed by atoms with E-state index >= 15 is 0 Å². The van der Waals surface area contributed by atoms with E-state index in [0.29, 0.717) is 18.7 Å². The predicted octanol–water partition coefficient (Wildman–Crippen LogP) is 2.55. The summed E-state index contributed by atoms with van der Waals surface area (Å²) in [5, 5.41) is 9.32. The van der Waals surface area contributed by atoms with E-state index in [0.717, 1.165) is 25.3 Å². The number of nitrogens with two attached hydrogens (primary N) is 1. The van der Waals surface area contributed by atoms with Gasteiger partial charge in [-0.25, -0.2) is 14.2 Å². The van der Waals surface area contributed by atoms with Crippen LogP contribution < -0.4 is 16.1 Å². The molecule has 4 rings (SSSR count). The monoisotopic (exact) mass is 410 g/mol. The topological polar surface area (TPSA) is 101 Å². The van der Waals surface area contributed by atoms with Gasteiger partial charge in [-0.15, -0.1) is 12.4 Å². The number of carboxylic acid groups (broad SMARTS) is 1. The fourth-order valence-corrected chi connectivity index (χ4v) is 3.80. The largest absolute Gasteiger partial charge is 0.477 e. The lowest BCUT2D eigenvalue weighted by Gasteiger charge is -2.27. The summed E-state index contributed by atoms with van der Waals surface area (Å²) in [4.78, 5) is 30.2. The van der Waals surface area contributed by atoms with Crippen LogP contribution in [0.3, 0.4) is 0 Å². The normalized spacial score (nSPS) is 19.7. The van der Waals surface area contributed by atoms with Crippen LogP contribution in [0.25, 0.3) is 11.0 Å². The van der Waals surface area contributed by atoms with Crippen LogP contribution in [-0.4, -0.2) is 39.3 Å². The van der Waals surface area contributed by atoms with Gasteiger partial charge in [-0.2, -0.15) is 0 Å². The summed E-state index contributed by atoms with van der Waals surface area (Å²) in [7, 11) is 0. The second-order valence-electron chi connectivity index (χ2n) is 8.23. The first-order valence-electron chi connectivity index (χ1n) is 9.19. The molecule has 9 heteroatoms. The maximum absolute atomic E-state index is 14.8. The molecule has 2 aromatic rings. The first-order chi connectivity index (χ1) is 12.7. The van der Waals surface area contributed by atoms with Gasteiger partial charge >= 0.3 is 5.97 Å². The standard InChI is InChI=1S/C19H23FN4O3.ClH/c1-19(2,21)10-5-6-23(8-10)17-14(20)7-12-15(25)13(18(26)27)9-24(11-3-4-11)16(12)22-17;/h7,9-11H,3-6,8,21H2,1-2H3,(H,26,27);1H. The molecule has 0 bridgehead atoms. The summed E-state index contributed by atoms with van der Waals surface area (Å²) in [6.07, 6.45) is 3.96. The Kier molecular flexibility index (Phi) is 5.14. The minimum atomic E-state index is -1.31. The molecular weight excluding hydrogens is 387 g/mol. The van der Waals surface area contributed by atoms with Crippen molar-refractivity contribution in [1.82, 2.24) is 9.55 Å². The Bertz CT molecular complexity index is 997. The van der Waals surface area contributed by atoms with E-state index < -0.39 is 17.2 Å². The quantitative estimate of drug-likeness (QED) is 0.803. The number of carbonyl (C=O) groups is 1. The van der Waals surface area contributed by atoms with Crippen LogP contribution in [0.15, 0.2) is 17.1 Å². The molecule has 7 nitrogen and oxygen atoms in total. The van der Waals surface area contributed by atoms with Crippen LogP contribution in [0.5, 0.6) is 0 Å². The minimum Gasteiger partial charge on any atom is -0.477 e. The number of hydrogen-bond acceptors (Lipinski definition) is 5. The number of pyridine rings is 2. The van der Waals surface area contributed by atoms with Gasteiger partial charge in [0, 0.05) is 30.9 Å². The lowest BCUT2D eigenvalue weighted by Crippen LogP contribution is -2.42. The fourth-order valence-electron chi connectivity index (χ4n) is 3.80. The summed E-state index contributed by atoms with van der Waals surface area (Å²) in [5.74, 6) is -1.51. The van der Waals surface area contributed by atoms with Gasteiger partial charge in [0.1, 0.15) is 11.2 Å². The zero-order valence-electron chi connectivity index (χ0n) is 15.8. The molecule has 28 heavy (non-hydrogen) atoms. The molecule has 1 atom stereocenters. The average molecular weight is 411 g/mol. The zero-order valence-corrected chi connectivity index (χ0v) is 16.6. The third-order valence-electron chi connectivity index (χ3n) is 5.65. The number of aromatic carboxylic acids is 1. The summed E-state index contributed by atoms with van der Waals surface area (Å²) >= 11 is 0. The smallest absolute Gasteiger partial charge is 0.341 e. The number of anilines is 1. The number of aromatic nitrogens is 2. The highest BCUT2D eigenvalue weighted by Gasteiger charge is 2.35. The molecule has 2 aliphatic rings. The maximum Gasteiger partial charge on any atom is 0.341 e. The SMILES string of the molecule is CC(C)(N)C1CCN(c2nc3c(cc2F)c(=O)c(C(=O)O)cn3C2CC2)C1.Cl. The molecule has 0 radical (unpaired) electrons. The van der Waals surface area contributed by atoms with Crippen LogP contribution in [0, 0.1) is 11.7 Å². The van der Waals surface area contributed by atoms with Crippen molar-refractivity contribution in [2.45, 2.75) is 44.7 Å². The van der Waals surface area contributed by atoms with Gasteiger partial charge in [0.2, 0.25) is 5.43 Å². The van der Waals surface area contributed by atoms with Crippen LogP contribution in [0.2, 0.25) is 0 Å². The number of rotatable bonds is 4. The van der Waals surface area contributed by atoms with Gasteiger partial charge in [0.15, 0.2) is 11.6 Å². The first-order valence-corrected chi connectivity index (χ1v) is 9.19. The Morgan fingerprint density at radius 1 is 1.36 bits per heavy atom. The summed E-state index contributed by atoms with van der Waals surface area (Å²) in [6, 6.07) is 1.23. The van der Waals surface area contributed by atoms with Crippen LogP contribution in [0.4, 0.5) is 10.2 Å². The zero-order chi connectivity index (χ0) is 19.5. The highest BCUT2D eigenvalue weighted by atomic mass is 35.5. The van der Waals surface area contributed by atoms with Crippen LogP contribution >= 0.6 is 12.4 Å². The van der Waals surface area contributed by atoms with E-state index in [2.05, 4.69) is 4.98 Å². The molecule has 1 saturated carbocycles. The molecule has 3 heterocycles. The summed E-state index contributed by atoms with van der Waals surface area (Å²) in [6.45, 7) is 5.16. The van der Waals surface area contributed by atoms with Crippen molar-refractivity contribution in [2.24, 2.45) is 11.7 Å². The molecule has 152 valence electrons. The molecule has 0 aromatic carbocycles. The van der Waals surface area contributed by atoms with Gasteiger partial charge in [0.25, 0.3) is 0 Å². The second-order valence-corrected chi connectivity index (χ2v) is 8.23. The minimum absolute atomic E-state index is 0. The van der Waals surface area contributed by atoms with Gasteiger partial charge in [-0.1, -0.05) is 0 Å². The molecule has 1 aliphatic carbocycles. The van der Waals surface area contributed by atoms with Gasteiger partial charge in [-0.05, 0) is 45.1 Å². The average Bonchev–Trinajstić information content (AvgIpc) is 3.29. The highest BCUT2D eigenvalue weighted by molar-refractivity contribution is 5.92. The van der Waals surface area contributed by atoms with E-state index in [-0.39, 0.29) is 46.7 Å². The maximum atomic E-state index is 14.8. The fraction of sp³-hybridized carbons (Fsp3) is 0.526. The number of carboxylic acids is 1. The van der Waals surface area contributed by atoms with Crippen LogP contribution in [0.1, 0.15) is 49.5 Å². The van der Waals surface area contributed by atoms with Crippen molar-refractivity contribution in [2.75, 3.05) is 18.0 Å². The first kappa shape index (κ1) is 20.5. The Morgan fingerprint density at radius 2 is 2.04 bits per heavy atom. The van der Waals surface area contributed by atoms with Crippen molar-refractivity contribution in [3.8, 4) is 0 Å². The van der Waals surface area contributed by atoms with E-state index in [9.17, 15) is 19.1 Å². The number of hydrogen-bond donors (Lipinski definition) is 2. The van der Waals surface area contributed by atoms with E-state index in [1.807, 2.05) is 18.7 Å². The molecule has 1 saturated heterocycles. The van der Waals surface area contributed by atoms with Crippen molar-refractivity contribution < 1.29 is 14.3 Å². The highest BCUT2D eigenvalue weighted by Crippen LogP contribution is 2.37. The number of nitrogens with zero attached hydrogens (tertiary/aromatic N) is 3. The molecule has 0 amide bonds. The van der Waals surface area contributed by atoms with Crippen molar-refractivity contribution in [3.05, 3.63) is 33.9 Å². The number of fused-ring (bicyclic) bond motifs is 1. The third kappa shape index (κ3) is 3.46. The van der Waals surface area contributed by atoms with E-state index in [1.165, 1.54) is 6.20 Å². The molecule has 1 aliphatic heterocycles. The van der Waals surface area contributed by atoms with Gasteiger partial charge in [-0.3, -0.25) is 4.79 Å². The van der Waals surface area contributed by atoms with E-state index in [4.69, 9.17) is 5.73 Å². The Balaban J connectivity index is 0.00000225. The van der Waals surface area contributed by atoms with Crippen molar-refractivity contribution in [1.29, 1.82) is 0 Å².